The highest BCUT2D eigenvalue weighted by Gasteiger charge is 2.28. The van der Waals surface area contributed by atoms with Gasteiger partial charge >= 0.3 is 0 Å². The van der Waals surface area contributed by atoms with Crippen molar-refractivity contribution < 1.29 is 12.8 Å². The molecule has 1 saturated heterocycles. The third-order valence-electron chi connectivity index (χ3n) is 3.96. The minimum atomic E-state index is -3.42. The molecule has 1 fully saturated rings. The smallest absolute Gasteiger partial charge is 0.279 e. The number of furan rings is 1. The van der Waals surface area contributed by atoms with Gasteiger partial charge in [-0.2, -0.15) is 12.7 Å². The van der Waals surface area contributed by atoms with E-state index in [1.54, 1.807) is 6.26 Å². The Kier molecular flexibility index (Phi) is 5.80. The second-order valence-corrected chi connectivity index (χ2v) is 6.97. The molecule has 0 aliphatic carbocycles. The Bertz CT molecular complexity index is 506. The molecule has 1 aliphatic heterocycles. The zero-order valence-electron chi connectivity index (χ0n) is 12.8. The first-order valence-electron chi connectivity index (χ1n) is 7.60. The van der Waals surface area contributed by atoms with Crippen LogP contribution in [0.15, 0.2) is 22.8 Å². The van der Waals surface area contributed by atoms with Gasteiger partial charge in [0.1, 0.15) is 5.76 Å². The van der Waals surface area contributed by atoms with Crippen molar-refractivity contribution >= 4 is 10.2 Å². The van der Waals surface area contributed by atoms with Crippen LogP contribution in [0.2, 0.25) is 0 Å². The van der Waals surface area contributed by atoms with Crippen LogP contribution in [-0.4, -0.2) is 50.3 Å². The van der Waals surface area contributed by atoms with Crippen LogP contribution in [0.3, 0.4) is 0 Å². The summed E-state index contributed by atoms with van der Waals surface area (Å²) in [4.78, 5) is 2.28. The number of rotatable bonds is 8. The van der Waals surface area contributed by atoms with Gasteiger partial charge in [-0.05, 0) is 38.1 Å². The fourth-order valence-electron chi connectivity index (χ4n) is 2.78. The van der Waals surface area contributed by atoms with Gasteiger partial charge in [-0.1, -0.05) is 13.8 Å². The Hall–Kier alpha value is -0.890. The summed E-state index contributed by atoms with van der Waals surface area (Å²) in [6.07, 6.45) is 3.94. The second kappa shape index (κ2) is 7.40. The predicted octanol–water partition coefficient (Wildman–Crippen LogP) is 1.59. The third-order valence-corrected chi connectivity index (χ3v) is 5.69. The Morgan fingerprint density at radius 1 is 1.33 bits per heavy atom. The van der Waals surface area contributed by atoms with Gasteiger partial charge in [0.25, 0.3) is 10.2 Å². The van der Waals surface area contributed by atoms with Crippen molar-refractivity contribution in [2.24, 2.45) is 0 Å². The molecule has 1 N–H and O–H groups in total. The van der Waals surface area contributed by atoms with E-state index in [0.29, 0.717) is 19.6 Å². The van der Waals surface area contributed by atoms with Gasteiger partial charge in [0.2, 0.25) is 0 Å². The van der Waals surface area contributed by atoms with Crippen LogP contribution < -0.4 is 4.72 Å². The lowest BCUT2D eigenvalue weighted by Gasteiger charge is -2.27. The van der Waals surface area contributed by atoms with Gasteiger partial charge in [0.15, 0.2) is 0 Å². The quantitative estimate of drug-likeness (QED) is 0.791. The lowest BCUT2D eigenvalue weighted by Crippen LogP contribution is -2.44. The highest BCUT2D eigenvalue weighted by Crippen LogP contribution is 2.25. The topological polar surface area (TPSA) is 65.8 Å². The van der Waals surface area contributed by atoms with Gasteiger partial charge < -0.3 is 4.42 Å². The van der Waals surface area contributed by atoms with Gasteiger partial charge in [0.05, 0.1) is 12.3 Å². The molecule has 0 spiro atoms. The molecule has 1 aromatic rings. The van der Waals surface area contributed by atoms with Crippen molar-refractivity contribution in [1.82, 2.24) is 13.9 Å². The summed E-state index contributed by atoms with van der Waals surface area (Å²) in [5, 5.41) is 0. The zero-order chi connectivity index (χ0) is 15.3. The van der Waals surface area contributed by atoms with Crippen molar-refractivity contribution in [3.8, 4) is 0 Å². The Morgan fingerprint density at radius 2 is 2.00 bits per heavy atom. The van der Waals surface area contributed by atoms with Crippen LogP contribution in [0.5, 0.6) is 0 Å². The SMILES string of the molecule is CCN(CC)S(=O)(=O)NC[C@H](c1ccco1)N1CCCC1. The first-order valence-corrected chi connectivity index (χ1v) is 9.04. The van der Waals surface area contributed by atoms with Crippen LogP contribution in [-0.2, 0) is 10.2 Å². The molecule has 0 amide bonds. The summed E-state index contributed by atoms with van der Waals surface area (Å²) in [7, 11) is -3.42. The lowest BCUT2D eigenvalue weighted by molar-refractivity contribution is 0.215. The molecular formula is C14H25N3O3S. The van der Waals surface area contributed by atoms with E-state index >= 15 is 0 Å². The van der Waals surface area contributed by atoms with Crippen molar-refractivity contribution in [2.75, 3.05) is 32.7 Å². The summed E-state index contributed by atoms with van der Waals surface area (Å²) in [5.41, 5.74) is 0. The first kappa shape index (κ1) is 16.5. The molecule has 0 aromatic carbocycles. The summed E-state index contributed by atoms with van der Waals surface area (Å²) in [6, 6.07) is 3.72. The van der Waals surface area contributed by atoms with E-state index in [0.717, 1.165) is 31.7 Å². The average Bonchev–Trinajstić information content (AvgIpc) is 3.13. The van der Waals surface area contributed by atoms with Crippen molar-refractivity contribution in [1.29, 1.82) is 0 Å². The Balaban J connectivity index is 2.06. The van der Waals surface area contributed by atoms with Crippen LogP contribution in [0.25, 0.3) is 0 Å². The number of nitrogens with zero attached hydrogens (tertiary/aromatic N) is 2. The predicted molar refractivity (Wildman–Crippen MR) is 82.1 cm³/mol. The van der Waals surface area contributed by atoms with Crippen molar-refractivity contribution in [3.05, 3.63) is 24.2 Å². The fraction of sp³-hybridized carbons (Fsp3) is 0.714. The zero-order valence-corrected chi connectivity index (χ0v) is 13.6. The van der Waals surface area contributed by atoms with Gasteiger partial charge in [0, 0.05) is 19.6 Å². The highest BCUT2D eigenvalue weighted by atomic mass is 32.2. The van der Waals surface area contributed by atoms with Crippen LogP contribution in [0, 0.1) is 0 Å². The highest BCUT2D eigenvalue weighted by molar-refractivity contribution is 7.87. The van der Waals surface area contributed by atoms with Gasteiger partial charge in [-0.3, -0.25) is 4.90 Å². The van der Waals surface area contributed by atoms with Crippen LogP contribution in [0.4, 0.5) is 0 Å². The molecule has 2 rings (SSSR count). The monoisotopic (exact) mass is 315 g/mol. The molecule has 0 unspecified atom stereocenters. The van der Waals surface area contributed by atoms with E-state index in [1.807, 2.05) is 26.0 Å². The van der Waals surface area contributed by atoms with E-state index < -0.39 is 10.2 Å². The summed E-state index contributed by atoms with van der Waals surface area (Å²) >= 11 is 0. The van der Waals surface area contributed by atoms with Crippen LogP contribution >= 0.6 is 0 Å². The molecule has 2 heterocycles. The standard InChI is InChI=1S/C14H25N3O3S/c1-3-17(4-2)21(18,19)15-12-13(14-8-7-11-20-14)16-9-5-6-10-16/h7-8,11,13,15H,3-6,9-10,12H2,1-2H3/t13-/m1/s1. The normalized spacial score (nSPS) is 18.4. The molecule has 7 heteroatoms. The number of hydrogen-bond acceptors (Lipinski definition) is 4. The molecule has 21 heavy (non-hydrogen) atoms. The maximum absolute atomic E-state index is 12.2. The second-order valence-electron chi connectivity index (χ2n) is 5.21. The first-order chi connectivity index (χ1) is 10.1. The summed E-state index contributed by atoms with van der Waals surface area (Å²) < 4.78 is 34.1. The molecule has 0 radical (unpaired) electrons. The Morgan fingerprint density at radius 3 is 2.52 bits per heavy atom. The fourth-order valence-corrected chi connectivity index (χ4v) is 4.01. The average molecular weight is 315 g/mol. The van der Waals surface area contributed by atoms with E-state index in [2.05, 4.69) is 9.62 Å². The Labute approximate surface area is 127 Å². The van der Waals surface area contributed by atoms with Crippen molar-refractivity contribution in [2.45, 2.75) is 32.7 Å². The van der Waals surface area contributed by atoms with Crippen LogP contribution in [0.1, 0.15) is 38.5 Å². The number of likely N-dealkylation sites (tertiary alicyclic amines) is 1. The number of nitrogens with one attached hydrogen (secondary N) is 1. The van der Waals surface area contributed by atoms with Crippen molar-refractivity contribution in [3.63, 3.8) is 0 Å². The van der Waals surface area contributed by atoms with E-state index in [-0.39, 0.29) is 6.04 Å². The van der Waals surface area contributed by atoms with Gasteiger partial charge in [-0.25, -0.2) is 4.72 Å². The largest absolute Gasteiger partial charge is 0.468 e. The molecule has 0 saturated carbocycles. The summed E-state index contributed by atoms with van der Waals surface area (Å²) in [5.74, 6) is 0.819. The lowest BCUT2D eigenvalue weighted by atomic mass is 10.2. The minimum Gasteiger partial charge on any atom is -0.468 e. The van der Waals surface area contributed by atoms with E-state index in [1.165, 1.54) is 4.31 Å². The molecule has 1 aromatic heterocycles. The van der Waals surface area contributed by atoms with E-state index in [9.17, 15) is 8.42 Å². The molecular weight excluding hydrogens is 290 g/mol. The maximum atomic E-state index is 12.2. The number of hydrogen-bond donors (Lipinski definition) is 1. The third kappa shape index (κ3) is 4.06. The summed E-state index contributed by atoms with van der Waals surface area (Å²) in [6.45, 7) is 6.94. The van der Waals surface area contributed by atoms with Gasteiger partial charge in [-0.15, -0.1) is 0 Å². The molecule has 6 nitrogen and oxygen atoms in total. The molecule has 120 valence electrons. The minimum absolute atomic E-state index is 0.0344. The molecule has 1 atom stereocenters. The molecule has 0 bridgehead atoms. The maximum Gasteiger partial charge on any atom is 0.279 e. The molecule has 1 aliphatic rings. The van der Waals surface area contributed by atoms with E-state index in [4.69, 9.17) is 4.42 Å².